The molecular weight excluding hydrogens is 343 g/mol. The zero-order chi connectivity index (χ0) is 17.4. The molecule has 8 heteroatoms. The maximum Gasteiger partial charge on any atom is 1.00 e. The van der Waals surface area contributed by atoms with Crippen molar-refractivity contribution in [1.82, 2.24) is 0 Å². The monoisotopic (exact) mass is 374 g/mol. The second-order valence-corrected chi connectivity index (χ2v) is 7.20. The molecule has 0 saturated carbocycles. The normalized spacial score (nSPS) is 11.1. The van der Waals surface area contributed by atoms with Gasteiger partial charge in [0, 0.05) is 6.42 Å². The van der Waals surface area contributed by atoms with Crippen LogP contribution in [0.25, 0.3) is 0 Å². The van der Waals surface area contributed by atoms with Crippen LogP contribution in [0.3, 0.4) is 0 Å². The van der Waals surface area contributed by atoms with Crippen molar-refractivity contribution in [3.63, 3.8) is 0 Å². The fraction of sp³-hybridized carbons (Fsp3) is 0.938. The molecule has 24 heavy (non-hydrogen) atoms. The van der Waals surface area contributed by atoms with E-state index in [1.165, 1.54) is 38.5 Å². The number of rotatable bonds is 16. The van der Waals surface area contributed by atoms with Crippen molar-refractivity contribution in [2.24, 2.45) is 0 Å². The first-order chi connectivity index (χ1) is 11.0. The van der Waals surface area contributed by atoms with Gasteiger partial charge in [-0.2, -0.15) is 0 Å². The van der Waals surface area contributed by atoms with Crippen molar-refractivity contribution >= 4 is 16.1 Å². The second kappa shape index (κ2) is 18.1. The van der Waals surface area contributed by atoms with Gasteiger partial charge in [-0.25, -0.2) is 8.42 Å². The summed E-state index contributed by atoms with van der Waals surface area (Å²) >= 11 is 0. The summed E-state index contributed by atoms with van der Waals surface area (Å²) in [6, 6.07) is 0. The average Bonchev–Trinajstić information content (AvgIpc) is 2.48. The summed E-state index contributed by atoms with van der Waals surface area (Å²) in [4.78, 5) is 11.4. The molecule has 0 N–H and O–H groups in total. The predicted octanol–water partition coefficient (Wildman–Crippen LogP) is 0.0163. The van der Waals surface area contributed by atoms with Gasteiger partial charge in [-0.3, -0.25) is 4.79 Å². The molecule has 138 valence electrons. The largest absolute Gasteiger partial charge is 1.00 e. The van der Waals surface area contributed by atoms with E-state index in [1.54, 1.807) is 0 Å². The molecule has 0 aliphatic carbocycles. The summed E-state index contributed by atoms with van der Waals surface area (Å²) in [6.45, 7) is 2.25. The molecule has 0 aromatic carbocycles. The average molecular weight is 374 g/mol. The van der Waals surface area contributed by atoms with Crippen LogP contribution in [0.15, 0.2) is 0 Å². The van der Waals surface area contributed by atoms with E-state index in [0.717, 1.165) is 19.3 Å². The molecule has 0 bridgehead atoms. The topological polar surface area (TPSA) is 92.7 Å². The number of hydrogen-bond donors (Lipinski definition) is 0. The molecule has 0 aliphatic heterocycles. The SMILES string of the molecule is CCCCCCCCCCCC(=O)OCCOCCS(=O)(=O)[O-].[Na+]. The predicted molar refractivity (Wildman–Crippen MR) is 88.2 cm³/mol. The first-order valence-corrected chi connectivity index (χ1v) is 10.2. The molecular formula is C16H31NaO6S. The third kappa shape index (κ3) is 22.3. The summed E-state index contributed by atoms with van der Waals surface area (Å²) in [5.74, 6) is -0.813. The van der Waals surface area contributed by atoms with E-state index in [1.807, 2.05) is 0 Å². The second-order valence-electron chi connectivity index (χ2n) is 5.67. The van der Waals surface area contributed by atoms with E-state index in [0.29, 0.717) is 6.42 Å². The van der Waals surface area contributed by atoms with Crippen LogP contribution in [0.2, 0.25) is 0 Å². The molecule has 0 fully saturated rings. The number of ether oxygens (including phenoxy) is 2. The smallest absolute Gasteiger partial charge is 0.748 e. The third-order valence-corrected chi connectivity index (χ3v) is 4.12. The van der Waals surface area contributed by atoms with Crippen LogP contribution in [0, 0.1) is 0 Å². The van der Waals surface area contributed by atoms with Gasteiger partial charge in [-0.15, -0.1) is 0 Å². The molecule has 0 spiro atoms. The maximum absolute atomic E-state index is 11.4. The van der Waals surface area contributed by atoms with E-state index in [9.17, 15) is 17.8 Å². The Morgan fingerprint density at radius 1 is 0.875 bits per heavy atom. The molecule has 0 radical (unpaired) electrons. The van der Waals surface area contributed by atoms with Gasteiger partial charge in [-0.1, -0.05) is 58.3 Å². The van der Waals surface area contributed by atoms with Crippen molar-refractivity contribution in [3.8, 4) is 0 Å². The zero-order valence-corrected chi connectivity index (χ0v) is 18.1. The number of unbranched alkanes of at least 4 members (excludes halogenated alkanes) is 8. The third-order valence-electron chi connectivity index (χ3n) is 3.45. The minimum Gasteiger partial charge on any atom is -0.748 e. The minimum absolute atomic E-state index is 0. The van der Waals surface area contributed by atoms with Gasteiger partial charge in [0.1, 0.15) is 6.61 Å². The molecule has 0 saturated heterocycles. The van der Waals surface area contributed by atoms with Crippen LogP contribution in [-0.4, -0.2) is 44.5 Å². The van der Waals surface area contributed by atoms with Crippen molar-refractivity contribution in [2.75, 3.05) is 25.6 Å². The Bertz CT molecular complexity index is 386. The van der Waals surface area contributed by atoms with Crippen molar-refractivity contribution in [1.29, 1.82) is 0 Å². The minimum atomic E-state index is -4.24. The Morgan fingerprint density at radius 2 is 1.42 bits per heavy atom. The van der Waals surface area contributed by atoms with Gasteiger partial charge >= 0.3 is 35.5 Å². The number of hydrogen-bond acceptors (Lipinski definition) is 6. The molecule has 0 rings (SSSR count). The van der Waals surface area contributed by atoms with Crippen LogP contribution in [-0.2, 0) is 24.4 Å². The number of carbonyl (C=O) groups is 1. The zero-order valence-electron chi connectivity index (χ0n) is 15.3. The van der Waals surface area contributed by atoms with Gasteiger partial charge in [0.05, 0.1) is 29.1 Å². The summed E-state index contributed by atoms with van der Waals surface area (Å²) in [5.41, 5.74) is 0. The van der Waals surface area contributed by atoms with Gasteiger partial charge in [0.15, 0.2) is 0 Å². The summed E-state index contributed by atoms with van der Waals surface area (Å²) in [5, 5.41) is 0. The molecule has 0 heterocycles. The Hall–Kier alpha value is 0.340. The molecule has 0 aliphatic rings. The first kappa shape index (κ1) is 26.6. The summed E-state index contributed by atoms with van der Waals surface area (Å²) in [6.07, 6.45) is 11.2. The Morgan fingerprint density at radius 3 is 1.96 bits per heavy atom. The Balaban J connectivity index is 0. The molecule has 0 amide bonds. The molecule has 0 unspecified atom stereocenters. The van der Waals surface area contributed by atoms with Crippen molar-refractivity contribution in [3.05, 3.63) is 0 Å². The van der Waals surface area contributed by atoms with E-state index in [4.69, 9.17) is 9.47 Å². The molecule has 0 aromatic rings. The fourth-order valence-corrected chi connectivity index (χ4v) is 2.45. The standard InChI is InChI=1S/C16H32O6S.Na/c1-2-3-4-5-6-7-8-9-10-11-16(17)22-13-12-21-14-15-23(18,19)20;/h2-15H2,1H3,(H,18,19,20);/q;+1/p-1. The van der Waals surface area contributed by atoms with Gasteiger partial charge in [0.2, 0.25) is 0 Å². The quantitative estimate of drug-likeness (QED) is 0.164. The number of carbonyl (C=O) groups excluding carboxylic acids is 1. The van der Waals surface area contributed by atoms with Gasteiger partial charge in [-0.05, 0) is 6.42 Å². The number of esters is 1. The van der Waals surface area contributed by atoms with E-state index in [2.05, 4.69) is 6.92 Å². The molecule has 0 atom stereocenters. The fourth-order valence-electron chi connectivity index (χ4n) is 2.13. The van der Waals surface area contributed by atoms with Crippen LogP contribution in [0.5, 0.6) is 0 Å². The van der Waals surface area contributed by atoms with E-state index in [-0.39, 0.29) is 55.3 Å². The van der Waals surface area contributed by atoms with Gasteiger partial charge in [0.25, 0.3) is 0 Å². The Labute approximate surface area is 169 Å². The van der Waals surface area contributed by atoms with Gasteiger partial charge < -0.3 is 14.0 Å². The Kier molecular flexibility index (Phi) is 20.1. The van der Waals surface area contributed by atoms with Crippen LogP contribution in [0.1, 0.15) is 71.1 Å². The first-order valence-electron chi connectivity index (χ1n) is 8.62. The summed E-state index contributed by atoms with van der Waals surface area (Å²) in [7, 11) is -4.24. The van der Waals surface area contributed by atoms with Crippen LogP contribution < -0.4 is 29.6 Å². The molecule has 0 aromatic heterocycles. The van der Waals surface area contributed by atoms with Crippen LogP contribution >= 0.6 is 0 Å². The maximum atomic E-state index is 11.4. The van der Waals surface area contributed by atoms with Crippen molar-refractivity contribution in [2.45, 2.75) is 71.1 Å². The summed E-state index contributed by atoms with van der Waals surface area (Å²) < 4.78 is 40.8. The van der Waals surface area contributed by atoms with E-state index < -0.39 is 15.9 Å². The van der Waals surface area contributed by atoms with Crippen LogP contribution in [0.4, 0.5) is 0 Å². The van der Waals surface area contributed by atoms with Crippen molar-refractivity contribution < 1.29 is 56.8 Å². The molecule has 6 nitrogen and oxygen atoms in total. The van der Waals surface area contributed by atoms with E-state index >= 15 is 0 Å².